The largest absolute Gasteiger partial charge is 0.328 e. The number of unbranched alkanes of at least 4 members (excludes halogenated alkanes) is 1. The summed E-state index contributed by atoms with van der Waals surface area (Å²) in [5.41, 5.74) is 0. The van der Waals surface area contributed by atoms with Gasteiger partial charge < -0.3 is 4.90 Å². The smallest absolute Gasteiger partial charge is 0.240 e. The highest BCUT2D eigenvalue weighted by molar-refractivity contribution is 5.83. The van der Waals surface area contributed by atoms with Crippen LogP contribution < -0.4 is 5.32 Å². The van der Waals surface area contributed by atoms with Gasteiger partial charge >= 0.3 is 0 Å². The maximum Gasteiger partial charge on any atom is 0.240 e. The zero-order valence-corrected chi connectivity index (χ0v) is 8.96. The zero-order valence-electron chi connectivity index (χ0n) is 8.96. The third-order valence-electron chi connectivity index (χ3n) is 3.16. The topological polar surface area (TPSA) is 32.3 Å². The van der Waals surface area contributed by atoms with Crippen molar-refractivity contribution < 1.29 is 4.79 Å². The molecule has 14 heavy (non-hydrogen) atoms. The Balaban J connectivity index is 1.76. The van der Waals surface area contributed by atoms with E-state index in [0.29, 0.717) is 5.91 Å². The van der Waals surface area contributed by atoms with Gasteiger partial charge in [-0.25, -0.2) is 0 Å². The molecular weight excluding hydrogens is 176 g/mol. The number of rotatable bonds is 5. The van der Waals surface area contributed by atoms with Crippen molar-refractivity contribution >= 4 is 5.91 Å². The Morgan fingerprint density at radius 3 is 2.93 bits per heavy atom. The molecule has 3 nitrogen and oxygen atoms in total. The molecule has 0 radical (unpaired) electrons. The van der Waals surface area contributed by atoms with E-state index in [4.69, 9.17) is 0 Å². The van der Waals surface area contributed by atoms with Crippen molar-refractivity contribution in [3.05, 3.63) is 0 Å². The van der Waals surface area contributed by atoms with Crippen LogP contribution in [0.25, 0.3) is 0 Å². The normalized spacial score (nSPS) is 27.4. The Morgan fingerprint density at radius 2 is 2.29 bits per heavy atom. The Labute approximate surface area is 85.8 Å². The lowest BCUT2D eigenvalue weighted by atomic mass is 10.1. The van der Waals surface area contributed by atoms with Crippen molar-refractivity contribution in [1.82, 2.24) is 10.2 Å². The maximum atomic E-state index is 11.8. The van der Waals surface area contributed by atoms with Crippen LogP contribution in [0.4, 0.5) is 0 Å². The van der Waals surface area contributed by atoms with Crippen molar-refractivity contribution in [3.63, 3.8) is 0 Å². The molecule has 0 bridgehead atoms. The van der Waals surface area contributed by atoms with Crippen LogP contribution in [-0.4, -0.2) is 30.1 Å². The molecule has 0 aromatic heterocycles. The summed E-state index contributed by atoms with van der Waals surface area (Å²) < 4.78 is 0. The average molecular weight is 196 g/mol. The minimum absolute atomic E-state index is 0.119. The van der Waals surface area contributed by atoms with E-state index in [1.807, 2.05) is 4.90 Å². The van der Waals surface area contributed by atoms with Gasteiger partial charge in [-0.1, -0.05) is 19.8 Å². The number of hydrogen-bond acceptors (Lipinski definition) is 2. The first-order valence-electron chi connectivity index (χ1n) is 5.83. The van der Waals surface area contributed by atoms with Crippen LogP contribution in [0, 0.1) is 5.92 Å². The lowest BCUT2D eigenvalue weighted by Gasteiger charge is -2.14. The van der Waals surface area contributed by atoms with E-state index >= 15 is 0 Å². The molecule has 1 aliphatic carbocycles. The number of hydrogen-bond donors (Lipinski definition) is 1. The summed E-state index contributed by atoms with van der Waals surface area (Å²) >= 11 is 0. The lowest BCUT2D eigenvalue weighted by Crippen LogP contribution is -2.31. The SMILES string of the molecule is CCCCC1NCN(CC2CC2)C1=O. The Kier molecular flexibility index (Phi) is 3.06. The summed E-state index contributed by atoms with van der Waals surface area (Å²) in [6.45, 7) is 3.94. The highest BCUT2D eigenvalue weighted by Crippen LogP contribution is 2.30. The second-order valence-corrected chi connectivity index (χ2v) is 4.56. The van der Waals surface area contributed by atoms with Gasteiger partial charge in [0.05, 0.1) is 12.7 Å². The molecule has 1 heterocycles. The fourth-order valence-corrected chi connectivity index (χ4v) is 2.01. The van der Waals surface area contributed by atoms with E-state index in [-0.39, 0.29) is 6.04 Å². The molecule has 1 saturated carbocycles. The maximum absolute atomic E-state index is 11.8. The summed E-state index contributed by atoms with van der Waals surface area (Å²) in [6, 6.07) is 0.119. The summed E-state index contributed by atoms with van der Waals surface area (Å²) in [6.07, 6.45) is 5.98. The summed E-state index contributed by atoms with van der Waals surface area (Å²) in [4.78, 5) is 13.8. The summed E-state index contributed by atoms with van der Waals surface area (Å²) in [5, 5.41) is 3.30. The van der Waals surface area contributed by atoms with Gasteiger partial charge in [0.25, 0.3) is 0 Å². The van der Waals surface area contributed by atoms with Gasteiger partial charge in [-0.15, -0.1) is 0 Å². The fraction of sp³-hybridized carbons (Fsp3) is 0.909. The van der Waals surface area contributed by atoms with Crippen LogP contribution in [0.2, 0.25) is 0 Å². The second-order valence-electron chi connectivity index (χ2n) is 4.56. The molecule has 2 fully saturated rings. The second kappa shape index (κ2) is 4.30. The molecule has 3 heteroatoms. The van der Waals surface area contributed by atoms with Crippen molar-refractivity contribution in [3.8, 4) is 0 Å². The van der Waals surface area contributed by atoms with E-state index in [1.54, 1.807) is 0 Å². The first kappa shape index (κ1) is 9.97. The molecule has 1 unspecified atom stereocenters. The third kappa shape index (κ3) is 2.27. The van der Waals surface area contributed by atoms with Crippen LogP contribution in [0.3, 0.4) is 0 Å². The van der Waals surface area contributed by atoms with E-state index in [2.05, 4.69) is 12.2 Å². The van der Waals surface area contributed by atoms with Gasteiger partial charge in [-0.3, -0.25) is 10.1 Å². The van der Waals surface area contributed by atoms with Crippen LogP contribution in [-0.2, 0) is 4.79 Å². The molecule has 1 amide bonds. The molecule has 1 atom stereocenters. The molecule has 2 rings (SSSR count). The molecule has 2 aliphatic rings. The minimum Gasteiger partial charge on any atom is -0.328 e. The standard InChI is InChI=1S/C11H20N2O/c1-2-3-4-10-11(14)13(8-12-10)7-9-5-6-9/h9-10,12H,2-8H2,1H3. The summed E-state index contributed by atoms with van der Waals surface area (Å²) in [5.74, 6) is 1.15. The quantitative estimate of drug-likeness (QED) is 0.719. The Morgan fingerprint density at radius 1 is 1.50 bits per heavy atom. The molecule has 1 N–H and O–H groups in total. The van der Waals surface area contributed by atoms with Gasteiger partial charge in [0, 0.05) is 6.54 Å². The number of nitrogens with zero attached hydrogens (tertiary/aromatic N) is 1. The monoisotopic (exact) mass is 196 g/mol. The molecular formula is C11H20N2O. The predicted molar refractivity (Wildman–Crippen MR) is 55.8 cm³/mol. The van der Waals surface area contributed by atoms with Crippen LogP contribution in [0.1, 0.15) is 39.0 Å². The van der Waals surface area contributed by atoms with Gasteiger partial charge in [-0.2, -0.15) is 0 Å². The molecule has 80 valence electrons. The first-order valence-corrected chi connectivity index (χ1v) is 5.83. The van der Waals surface area contributed by atoms with Crippen LogP contribution in [0.5, 0.6) is 0 Å². The highest BCUT2D eigenvalue weighted by atomic mass is 16.2. The fourth-order valence-electron chi connectivity index (χ4n) is 2.01. The van der Waals surface area contributed by atoms with Crippen molar-refractivity contribution in [2.45, 2.75) is 45.1 Å². The van der Waals surface area contributed by atoms with Gasteiger partial charge in [0.15, 0.2) is 0 Å². The van der Waals surface area contributed by atoms with Gasteiger partial charge in [-0.05, 0) is 25.2 Å². The molecule has 0 spiro atoms. The zero-order chi connectivity index (χ0) is 9.97. The van der Waals surface area contributed by atoms with Crippen molar-refractivity contribution in [2.75, 3.05) is 13.2 Å². The van der Waals surface area contributed by atoms with E-state index < -0.39 is 0 Å². The molecule has 0 aromatic rings. The summed E-state index contributed by atoms with van der Waals surface area (Å²) in [7, 11) is 0. The lowest BCUT2D eigenvalue weighted by molar-refractivity contribution is -0.129. The van der Waals surface area contributed by atoms with Crippen LogP contribution >= 0.6 is 0 Å². The number of amides is 1. The van der Waals surface area contributed by atoms with E-state index in [9.17, 15) is 4.79 Å². The number of carbonyl (C=O) groups is 1. The highest BCUT2D eigenvalue weighted by Gasteiger charge is 2.34. The minimum atomic E-state index is 0.119. The van der Waals surface area contributed by atoms with E-state index in [1.165, 1.54) is 19.3 Å². The Bertz CT molecular complexity index is 213. The van der Waals surface area contributed by atoms with Crippen molar-refractivity contribution in [1.29, 1.82) is 0 Å². The molecule has 1 saturated heterocycles. The van der Waals surface area contributed by atoms with E-state index in [0.717, 1.165) is 32.0 Å². The molecule has 1 aliphatic heterocycles. The average Bonchev–Trinajstić information content (AvgIpc) is 2.93. The number of nitrogens with one attached hydrogen (secondary N) is 1. The predicted octanol–water partition coefficient (Wildman–Crippen LogP) is 1.34. The molecule has 0 aromatic carbocycles. The third-order valence-corrected chi connectivity index (χ3v) is 3.16. The van der Waals surface area contributed by atoms with Crippen molar-refractivity contribution in [2.24, 2.45) is 5.92 Å². The van der Waals surface area contributed by atoms with Gasteiger partial charge in [0.2, 0.25) is 5.91 Å². The van der Waals surface area contributed by atoms with Crippen LogP contribution in [0.15, 0.2) is 0 Å². The first-order chi connectivity index (χ1) is 6.81. The Hall–Kier alpha value is -0.570. The van der Waals surface area contributed by atoms with Gasteiger partial charge in [0.1, 0.15) is 0 Å². The number of carbonyl (C=O) groups excluding carboxylic acids is 1.